The molecule has 0 bridgehead atoms. The Labute approximate surface area is 151 Å². The third-order valence-electron chi connectivity index (χ3n) is 4.68. The Balaban J connectivity index is 1.92. The maximum absolute atomic E-state index is 12.7. The number of alkyl halides is 2. The summed E-state index contributed by atoms with van der Waals surface area (Å²) in [7, 11) is 0. The fourth-order valence-electron chi connectivity index (χ4n) is 3.12. The van der Waals surface area contributed by atoms with Crippen LogP contribution in [0.2, 0.25) is 0 Å². The van der Waals surface area contributed by atoms with E-state index in [1.807, 2.05) is 25.2 Å². The summed E-state index contributed by atoms with van der Waals surface area (Å²) in [6, 6.07) is 1.57. The van der Waals surface area contributed by atoms with Gasteiger partial charge in [-0.25, -0.2) is 4.98 Å². The maximum atomic E-state index is 12.7. The van der Waals surface area contributed by atoms with Crippen molar-refractivity contribution in [3.8, 4) is 0 Å². The number of nitrogens with two attached hydrogens (primary N) is 1. The van der Waals surface area contributed by atoms with Gasteiger partial charge < -0.3 is 10.6 Å². The van der Waals surface area contributed by atoms with Gasteiger partial charge in [-0.05, 0) is 32.8 Å². The van der Waals surface area contributed by atoms with Gasteiger partial charge in [-0.2, -0.15) is 0 Å². The van der Waals surface area contributed by atoms with E-state index in [2.05, 4.69) is 16.8 Å². The Morgan fingerprint density at radius 1 is 1.33 bits per heavy atom. The highest BCUT2D eigenvalue weighted by Crippen LogP contribution is 2.28. The zero-order chi connectivity index (χ0) is 17.5. The van der Waals surface area contributed by atoms with Crippen LogP contribution in [0.25, 0.3) is 5.70 Å². The Hall–Kier alpha value is -1.30. The number of nitrogens with zero attached hydrogens (tertiary/aromatic N) is 3. The molecule has 0 amide bonds. The van der Waals surface area contributed by atoms with Crippen LogP contribution in [0.1, 0.15) is 25.6 Å². The number of allylic oxidation sites excluding steroid dienone is 4. The molecular formula is C17H22Cl2N4O. The van der Waals surface area contributed by atoms with Crippen molar-refractivity contribution in [1.82, 2.24) is 9.55 Å². The van der Waals surface area contributed by atoms with E-state index in [0.717, 1.165) is 25.9 Å². The van der Waals surface area contributed by atoms with E-state index in [1.54, 1.807) is 6.07 Å². The largest absolute Gasteiger partial charge is 0.356 e. The first-order valence-corrected chi connectivity index (χ1v) is 8.97. The van der Waals surface area contributed by atoms with Gasteiger partial charge in [0.15, 0.2) is 0 Å². The van der Waals surface area contributed by atoms with Crippen molar-refractivity contribution in [2.45, 2.75) is 43.0 Å². The van der Waals surface area contributed by atoms with Gasteiger partial charge in [-0.1, -0.05) is 12.2 Å². The van der Waals surface area contributed by atoms with Crippen LogP contribution in [0.4, 0.5) is 5.82 Å². The quantitative estimate of drug-likeness (QED) is 0.814. The third kappa shape index (κ3) is 3.39. The highest BCUT2D eigenvalue weighted by molar-refractivity contribution is 6.34. The summed E-state index contributed by atoms with van der Waals surface area (Å²) in [5.74, 6) is 1.30. The SMILES string of the molecule is Cc1nc(N2CCC(C)(N)CC2)cc(=O)n1C1=CC=CC(Cl)[C@@H]1Cl. The van der Waals surface area contributed by atoms with Crippen LogP contribution in [0.5, 0.6) is 0 Å². The highest BCUT2D eigenvalue weighted by Gasteiger charge is 2.28. The van der Waals surface area contributed by atoms with Gasteiger partial charge in [0, 0.05) is 30.4 Å². The van der Waals surface area contributed by atoms with Crippen molar-refractivity contribution in [3.63, 3.8) is 0 Å². The lowest BCUT2D eigenvalue weighted by Crippen LogP contribution is -2.48. The zero-order valence-corrected chi connectivity index (χ0v) is 15.4. The molecule has 24 heavy (non-hydrogen) atoms. The number of piperidine rings is 1. The first-order valence-electron chi connectivity index (χ1n) is 8.10. The number of hydrogen-bond donors (Lipinski definition) is 1. The van der Waals surface area contributed by atoms with Gasteiger partial charge in [0.25, 0.3) is 5.56 Å². The van der Waals surface area contributed by atoms with Crippen LogP contribution in [0.15, 0.2) is 29.1 Å². The molecule has 1 aliphatic carbocycles. The van der Waals surface area contributed by atoms with Gasteiger partial charge in [-0.3, -0.25) is 9.36 Å². The maximum Gasteiger partial charge on any atom is 0.259 e. The minimum Gasteiger partial charge on any atom is -0.356 e. The molecule has 2 atom stereocenters. The van der Waals surface area contributed by atoms with Crippen LogP contribution in [-0.2, 0) is 0 Å². The summed E-state index contributed by atoms with van der Waals surface area (Å²) in [5, 5.41) is -0.810. The van der Waals surface area contributed by atoms with Crippen LogP contribution in [0, 0.1) is 6.92 Å². The van der Waals surface area contributed by atoms with E-state index in [9.17, 15) is 4.79 Å². The van der Waals surface area contributed by atoms with Crippen molar-refractivity contribution in [3.05, 3.63) is 40.5 Å². The lowest BCUT2D eigenvalue weighted by molar-refractivity contribution is 0.363. The van der Waals surface area contributed by atoms with Crippen LogP contribution >= 0.6 is 23.2 Å². The molecule has 1 aromatic rings. The molecule has 1 aliphatic heterocycles. The zero-order valence-electron chi connectivity index (χ0n) is 13.9. The van der Waals surface area contributed by atoms with Crippen LogP contribution in [-0.4, -0.2) is 38.9 Å². The fourth-order valence-corrected chi connectivity index (χ4v) is 3.58. The monoisotopic (exact) mass is 368 g/mol. The molecule has 2 heterocycles. The standard InChI is InChI=1S/C17H22Cl2N4O/c1-11-21-14(22-8-6-17(2,20)7-9-22)10-15(24)23(11)13-5-3-4-12(18)16(13)19/h3-5,10,12,16H,6-9,20H2,1-2H3/t12?,16-/m0/s1. The lowest BCUT2D eigenvalue weighted by atomic mass is 9.91. The molecule has 1 fully saturated rings. The number of rotatable bonds is 2. The van der Waals surface area contributed by atoms with Gasteiger partial charge >= 0.3 is 0 Å². The van der Waals surface area contributed by atoms with E-state index in [1.165, 1.54) is 4.57 Å². The Kier molecular flexibility index (Phi) is 4.78. The van der Waals surface area contributed by atoms with Crippen molar-refractivity contribution >= 4 is 34.7 Å². The summed E-state index contributed by atoms with van der Waals surface area (Å²) in [6.07, 6.45) is 7.20. The van der Waals surface area contributed by atoms with Gasteiger partial charge in [0.05, 0.1) is 10.8 Å². The summed E-state index contributed by atoms with van der Waals surface area (Å²) < 4.78 is 1.54. The minimum absolute atomic E-state index is 0.138. The first kappa shape index (κ1) is 17.5. The summed E-state index contributed by atoms with van der Waals surface area (Å²) in [6.45, 7) is 5.48. The summed E-state index contributed by atoms with van der Waals surface area (Å²) in [4.78, 5) is 19.4. The van der Waals surface area contributed by atoms with E-state index in [-0.39, 0.29) is 16.5 Å². The molecule has 0 aromatic carbocycles. The van der Waals surface area contributed by atoms with Crippen molar-refractivity contribution in [2.75, 3.05) is 18.0 Å². The minimum atomic E-state index is -0.464. The normalized spacial score (nSPS) is 26.4. The number of aromatic nitrogens is 2. The molecular weight excluding hydrogens is 347 g/mol. The number of anilines is 1. The molecule has 1 unspecified atom stereocenters. The Morgan fingerprint density at radius 2 is 2.00 bits per heavy atom. The summed E-state index contributed by atoms with van der Waals surface area (Å²) in [5.41, 5.74) is 6.55. The predicted octanol–water partition coefficient (Wildman–Crippen LogP) is 2.49. The fraction of sp³-hybridized carbons (Fsp3) is 0.529. The number of aryl methyl sites for hydroxylation is 1. The molecule has 130 valence electrons. The third-order valence-corrected chi connectivity index (χ3v) is 5.71. The Bertz CT molecular complexity index is 743. The van der Waals surface area contributed by atoms with Crippen LogP contribution < -0.4 is 16.2 Å². The first-order chi connectivity index (χ1) is 11.3. The number of halogens is 2. The van der Waals surface area contributed by atoms with Crippen LogP contribution in [0.3, 0.4) is 0 Å². The smallest absolute Gasteiger partial charge is 0.259 e. The molecule has 1 saturated heterocycles. The predicted molar refractivity (Wildman–Crippen MR) is 100.0 cm³/mol. The van der Waals surface area contributed by atoms with E-state index in [0.29, 0.717) is 17.3 Å². The van der Waals surface area contributed by atoms with Crippen molar-refractivity contribution < 1.29 is 0 Å². The second-order valence-electron chi connectivity index (χ2n) is 6.80. The molecule has 5 nitrogen and oxygen atoms in total. The van der Waals surface area contributed by atoms with E-state index in [4.69, 9.17) is 28.9 Å². The lowest BCUT2D eigenvalue weighted by Gasteiger charge is -2.37. The molecule has 1 aromatic heterocycles. The average molecular weight is 369 g/mol. The Morgan fingerprint density at radius 3 is 2.62 bits per heavy atom. The molecule has 7 heteroatoms. The van der Waals surface area contributed by atoms with Crippen molar-refractivity contribution in [2.24, 2.45) is 5.73 Å². The molecule has 2 aliphatic rings. The van der Waals surface area contributed by atoms with Crippen molar-refractivity contribution in [1.29, 1.82) is 0 Å². The molecule has 0 radical (unpaired) electrons. The summed E-state index contributed by atoms with van der Waals surface area (Å²) >= 11 is 12.5. The molecule has 3 rings (SSSR count). The van der Waals surface area contributed by atoms with E-state index >= 15 is 0 Å². The molecule has 2 N–H and O–H groups in total. The second-order valence-corrected chi connectivity index (χ2v) is 7.77. The van der Waals surface area contributed by atoms with Gasteiger partial charge in [0.1, 0.15) is 11.6 Å². The average Bonchev–Trinajstić information content (AvgIpc) is 2.50. The second kappa shape index (κ2) is 6.54. The molecule has 0 saturated carbocycles. The topological polar surface area (TPSA) is 64.2 Å². The van der Waals surface area contributed by atoms with E-state index < -0.39 is 5.38 Å². The van der Waals surface area contributed by atoms with Gasteiger partial charge in [0.2, 0.25) is 0 Å². The molecule has 0 spiro atoms. The van der Waals surface area contributed by atoms with Gasteiger partial charge in [-0.15, -0.1) is 23.2 Å². The number of hydrogen-bond acceptors (Lipinski definition) is 4. The highest BCUT2D eigenvalue weighted by atomic mass is 35.5.